The number of hydrogen-bond acceptors (Lipinski definition) is 6. The van der Waals surface area contributed by atoms with Crippen molar-refractivity contribution in [2.75, 3.05) is 13.2 Å². The van der Waals surface area contributed by atoms with E-state index in [2.05, 4.69) is 10.5 Å². The highest BCUT2D eigenvalue weighted by Gasteiger charge is 2.21. The van der Waals surface area contributed by atoms with Crippen molar-refractivity contribution in [2.45, 2.75) is 19.1 Å². The molecule has 0 aliphatic carbocycles. The predicted octanol–water partition coefficient (Wildman–Crippen LogP) is 4.62. The fourth-order valence-corrected chi connectivity index (χ4v) is 3.81. The molecule has 0 saturated carbocycles. The molecule has 0 aliphatic rings. The number of halogens is 1. The molecule has 1 atom stereocenters. The first-order valence-electron chi connectivity index (χ1n) is 9.24. The van der Waals surface area contributed by atoms with Crippen molar-refractivity contribution in [3.05, 3.63) is 71.4 Å². The Kier molecular flexibility index (Phi) is 5.62. The molecule has 0 spiro atoms. The summed E-state index contributed by atoms with van der Waals surface area (Å²) in [5.74, 6) is 0.366. The van der Waals surface area contributed by atoms with Gasteiger partial charge < -0.3 is 19.7 Å². The third-order valence-electron chi connectivity index (χ3n) is 4.52. The van der Waals surface area contributed by atoms with Gasteiger partial charge in [-0.3, -0.25) is 0 Å². The van der Waals surface area contributed by atoms with E-state index in [-0.39, 0.29) is 19.0 Å². The van der Waals surface area contributed by atoms with E-state index in [1.54, 1.807) is 36.5 Å². The minimum atomic E-state index is -1.11. The first-order chi connectivity index (χ1) is 14.0. The molecule has 4 aromatic rings. The summed E-state index contributed by atoms with van der Waals surface area (Å²) in [4.78, 5) is 0. The van der Waals surface area contributed by atoms with Crippen molar-refractivity contribution >= 4 is 21.6 Å². The second-order valence-corrected chi connectivity index (χ2v) is 8.07. The maximum atomic E-state index is 13.7. The van der Waals surface area contributed by atoms with Crippen molar-refractivity contribution in [1.29, 1.82) is 0 Å². The zero-order valence-corrected chi connectivity index (χ0v) is 16.7. The summed E-state index contributed by atoms with van der Waals surface area (Å²) < 4.78 is 25.8. The standard InChI is InChI=1S/C22H21FN2O3S/c1-22(26,13-24-12-16-5-2-3-8-18(16)23)14-27-17-7-4-6-15(11-17)20-21-19(28-25-20)9-10-29-21/h2-11,24,26H,12-14H2,1H3. The van der Waals surface area contributed by atoms with E-state index in [9.17, 15) is 9.50 Å². The zero-order chi connectivity index (χ0) is 20.3. The van der Waals surface area contributed by atoms with E-state index in [0.717, 1.165) is 21.5 Å². The highest BCUT2D eigenvalue weighted by atomic mass is 32.1. The van der Waals surface area contributed by atoms with Gasteiger partial charge in [0.05, 0.1) is 0 Å². The fourth-order valence-electron chi connectivity index (χ4n) is 2.99. The van der Waals surface area contributed by atoms with Crippen LogP contribution in [0, 0.1) is 5.82 Å². The number of nitrogens with one attached hydrogen (secondary N) is 1. The zero-order valence-electron chi connectivity index (χ0n) is 15.9. The number of benzene rings is 2. The highest BCUT2D eigenvalue weighted by Crippen LogP contribution is 2.33. The van der Waals surface area contributed by atoms with Crippen LogP contribution in [0.3, 0.4) is 0 Å². The van der Waals surface area contributed by atoms with E-state index >= 15 is 0 Å². The average molecular weight is 412 g/mol. The maximum absolute atomic E-state index is 13.7. The highest BCUT2D eigenvalue weighted by molar-refractivity contribution is 7.17. The van der Waals surface area contributed by atoms with Gasteiger partial charge in [-0.15, -0.1) is 11.3 Å². The first kappa shape index (κ1) is 19.6. The Morgan fingerprint density at radius 3 is 2.93 bits per heavy atom. The van der Waals surface area contributed by atoms with Crippen molar-refractivity contribution in [3.8, 4) is 17.0 Å². The van der Waals surface area contributed by atoms with Gasteiger partial charge in [0.25, 0.3) is 0 Å². The fraction of sp³-hybridized carbons (Fsp3) is 0.227. The summed E-state index contributed by atoms with van der Waals surface area (Å²) in [6, 6.07) is 16.0. The molecule has 4 rings (SSSR count). The van der Waals surface area contributed by atoms with Crippen LogP contribution in [0.2, 0.25) is 0 Å². The van der Waals surface area contributed by atoms with Crippen LogP contribution in [-0.4, -0.2) is 29.0 Å². The van der Waals surface area contributed by atoms with Crippen LogP contribution < -0.4 is 10.1 Å². The van der Waals surface area contributed by atoms with Gasteiger partial charge in [0, 0.05) is 24.2 Å². The topological polar surface area (TPSA) is 67.5 Å². The molecule has 2 N–H and O–H groups in total. The third-order valence-corrected chi connectivity index (χ3v) is 5.42. The van der Waals surface area contributed by atoms with Crippen LogP contribution in [0.5, 0.6) is 5.75 Å². The molecule has 29 heavy (non-hydrogen) atoms. The van der Waals surface area contributed by atoms with E-state index in [4.69, 9.17) is 9.26 Å². The molecule has 7 heteroatoms. The molecule has 1 unspecified atom stereocenters. The maximum Gasteiger partial charge on any atom is 0.178 e. The molecule has 0 fully saturated rings. The van der Waals surface area contributed by atoms with Crippen LogP contribution in [0.15, 0.2) is 64.5 Å². The Hall–Kier alpha value is -2.74. The van der Waals surface area contributed by atoms with Crippen LogP contribution in [0.1, 0.15) is 12.5 Å². The van der Waals surface area contributed by atoms with Gasteiger partial charge in [-0.1, -0.05) is 35.5 Å². The van der Waals surface area contributed by atoms with E-state index in [1.165, 1.54) is 6.07 Å². The van der Waals surface area contributed by atoms with Gasteiger partial charge in [-0.2, -0.15) is 0 Å². The number of thiophene rings is 1. The Bertz CT molecular complexity index is 1110. The van der Waals surface area contributed by atoms with E-state index in [1.807, 2.05) is 35.7 Å². The number of hydrogen-bond donors (Lipinski definition) is 2. The summed E-state index contributed by atoms with van der Waals surface area (Å²) in [7, 11) is 0. The van der Waals surface area contributed by atoms with Gasteiger partial charge in [0.2, 0.25) is 0 Å². The van der Waals surface area contributed by atoms with Gasteiger partial charge in [-0.25, -0.2) is 4.39 Å². The summed E-state index contributed by atoms with van der Waals surface area (Å²) in [5.41, 5.74) is 1.88. The van der Waals surface area contributed by atoms with Crippen molar-refractivity contribution in [2.24, 2.45) is 0 Å². The van der Waals surface area contributed by atoms with Crippen molar-refractivity contribution in [1.82, 2.24) is 10.5 Å². The quantitative estimate of drug-likeness (QED) is 0.442. The number of aliphatic hydroxyl groups is 1. The van der Waals surface area contributed by atoms with E-state index in [0.29, 0.717) is 17.9 Å². The Morgan fingerprint density at radius 2 is 2.07 bits per heavy atom. The summed E-state index contributed by atoms with van der Waals surface area (Å²) in [5, 5.41) is 19.8. The molecule has 0 radical (unpaired) electrons. The Morgan fingerprint density at radius 1 is 1.21 bits per heavy atom. The molecule has 2 aromatic heterocycles. The lowest BCUT2D eigenvalue weighted by atomic mass is 10.1. The number of fused-ring (bicyclic) bond motifs is 1. The number of rotatable bonds is 8. The smallest absolute Gasteiger partial charge is 0.178 e. The number of aromatic nitrogens is 1. The van der Waals surface area contributed by atoms with Gasteiger partial charge in [0.1, 0.15) is 34.2 Å². The molecule has 2 heterocycles. The van der Waals surface area contributed by atoms with Crippen LogP contribution in [0.25, 0.3) is 21.5 Å². The van der Waals surface area contributed by atoms with Crippen molar-refractivity contribution in [3.63, 3.8) is 0 Å². The summed E-state index contributed by atoms with van der Waals surface area (Å²) in [6.07, 6.45) is 0. The van der Waals surface area contributed by atoms with Crippen LogP contribution in [-0.2, 0) is 6.54 Å². The van der Waals surface area contributed by atoms with Crippen LogP contribution >= 0.6 is 11.3 Å². The third kappa shape index (κ3) is 4.64. The second-order valence-electron chi connectivity index (χ2n) is 7.15. The second kappa shape index (κ2) is 8.32. The summed E-state index contributed by atoms with van der Waals surface area (Å²) in [6.45, 7) is 2.37. The molecular formula is C22H21FN2O3S. The lowest BCUT2D eigenvalue weighted by Gasteiger charge is -2.24. The molecule has 0 aliphatic heterocycles. The monoisotopic (exact) mass is 412 g/mol. The largest absolute Gasteiger partial charge is 0.491 e. The predicted molar refractivity (Wildman–Crippen MR) is 112 cm³/mol. The Balaban J connectivity index is 1.36. The molecule has 0 bridgehead atoms. The lowest BCUT2D eigenvalue weighted by molar-refractivity contribution is 0.0120. The molecule has 150 valence electrons. The molecule has 0 saturated heterocycles. The molecular weight excluding hydrogens is 391 g/mol. The molecule has 0 amide bonds. The average Bonchev–Trinajstić information content (AvgIpc) is 3.32. The molecule has 5 nitrogen and oxygen atoms in total. The number of ether oxygens (including phenoxy) is 1. The Labute approximate surface area is 171 Å². The number of nitrogens with zero attached hydrogens (tertiary/aromatic N) is 1. The van der Waals surface area contributed by atoms with Crippen molar-refractivity contribution < 1.29 is 18.8 Å². The minimum Gasteiger partial charge on any atom is -0.491 e. The normalized spacial score (nSPS) is 13.5. The SMILES string of the molecule is CC(O)(CNCc1ccccc1F)COc1cccc(-c2noc3ccsc23)c1. The van der Waals surface area contributed by atoms with Gasteiger partial charge in [-0.05, 0) is 36.6 Å². The van der Waals surface area contributed by atoms with E-state index < -0.39 is 5.60 Å². The van der Waals surface area contributed by atoms with Gasteiger partial charge in [0.15, 0.2) is 5.58 Å². The minimum absolute atomic E-state index is 0.0912. The first-order valence-corrected chi connectivity index (χ1v) is 10.1. The van der Waals surface area contributed by atoms with Gasteiger partial charge >= 0.3 is 0 Å². The van der Waals surface area contributed by atoms with Crippen LogP contribution in [0.4, 0.5) is 4.39 Å². The molecule has 2 aromatic carbocycles. The lowest BCUT2D eigenvalue weighted by Crippen LogP contribution is -2.42. The summed E-state index contributed by atoms with van der Waals surface area (Å²) >= 11 is 1.58.